The van der Waals surface area contributed by atoms with Crippen LogP contribution < -0.4 is 0 Å². The number of nitrogens with zero attached hydrogens (tertiary/aromatic N) is 6. The summed E-state index contributed by atoms with van der Waals surface area (Å²) in [5.74, 6) is 1.81. The molecule has 0 radical (unpaired) electrons. The van der Waals surface area contributed by atoms with Gasteiger partial charge in [0.2, 0.25) is 0 Å². The quantitative estimate of drug-likeness (QED) is 0.167. The molecule has 0 N–H and O–H groups in total. The lowest BCUT2D eigenvalue weighted by atomic mass is 9.85. The van der Waals surface area contributed by atoms with Gasteiger partial charge in [-0.3, -0.25) is 0 Å². The fourth-order valence-electron chi connectivity index (χ4n) is 12.5. The SMILES string of the molecule is Cc1ccc2c(c1)c1cc(C(C)(C)C)ccc1n2-c1cc(-c2nc(-c3ccccc3)nc(-c3ccccc3)n2)cc(-n2c3ccc(C(C)(C)C)cc3c3cc(C(C)(C)C)ccc32)c1-n1c2ccc(C(C)(C)C)cc2c2cc(C(C)(C)C)ccc21. The van der Waals surface area contributed by atoms with Gasteiger partial charge in [0.1, 0.15) is 0 Å². The number of hydrogen-bond donors (Lipinski definition) is 0. The van der Waals surface area contributed by atoms with Gasteiger partial charge in [-0.1, -0.05) is 206 Å². The average Bonchev–Trinajstić information content (AvgIpc) is 1.62. The van der Waals surface area contributed by atoms with Crippen LogP contribution in [-0.4, -0.2) is 28.7 Å². The molecular weight excluding hydrogens is 1020 g/mol. The van der Waals surface area contributed by atoms with E-state index in [0.717, 1.165) is 66.9 Å². The van der Waals surface area contributed by atoms with E-state index in [1.165, 1.54) is 65.7 Å². The zero-order valence-corrected chi connectivity index (χ0v) is 52.0. The number of hydrogen-bond acceptors (Lipinski definition) is 3. The average molecular weight is 1100 g/mol. The molecule has 0 fully saturated rings. The van der Waals surface area contributed by atoms with E-state index in [1.54, 1.807) is 0 Å². The zero-order valence-electron chi connectivity index (χ0n) is 52.0. The van der Waals surface area contributed by atoms with Gasteiger partial charge in [-0.15, -0.1) is 0 Å². The largest absolute Gasteiger partial charge is 0.307 e. The van der Waals surface area contributed by atoms with Crippen LogP contribution >= 0.6 is 0 Å². The van der Waals surface area contributed by atoms with Gasteiger partial charge in [0, 0.05) is 49.0 Å². The number of fused-ring (bicyclic) bond motifs is 9. The van der Waals surface area contributed by atoms with E-state index in [1.807, 2.05) is 12.1 Å². The highest BCUT2D eigenvalue weighted by atomic mass is 15.1. The lowest BCUT2D eigenvalue weighted by Gasteiger charge is -2.25. The third kappa shape index (κ3) is 9.30. The standard InChI is InChI=1S/C78H78N6/c1-47-27-33-62-56(39-47)57-42-51(74(2,3)4)28-34-63(57)82(62)68-40-50(73-80-71(48-23-19-17-20-24-48)79-72(81-73)49-25-21-18-22-26-49)41-69(83-64-35-29-52(75(5,6)7)43-58(64)59-44-53(76(8,9)10)30-36-65(59)83)70(68)84-66-37-31-54(77(11,12)13)45-60(66)61-46-55(78(14,15)16)32-38-67(61)84/h17-46H,1-16H3. The second kappa shape index (κ2) is 19.2. The Hall–Kier alpha value is -8.61. The Morgan fingerprint density at radius 3 is 0.821 bits per heavy atom. The van der Waals surface area contributed by atoms with Crippen molar-refractivity contribution < 1.29 is 0 Å². The first-order chi connectivity index (χ1) is 39.7. The minimum atomic E-state index is -0.0867. The van der Waals surface area contributed by atoms with Gasteiger partial charge < -0.3 is 13.7 Å². The molecule has 0 aliphatic carbocycles. The highest BCUT2D eigenvalue weighted by Crippen LogP contribution is 2.47. The second-order valence-corrected chi connectivity index (χ2v) is 28.8. The topological polar surface area (TPSA) is 53.5 Å². The minimum absolute atomic E-state index is 0.0761. The van der Waals surface area contributed by atoms with Crippen LogP contribution in [0.2, 0.25) is 0 Å². The van der Waals surface area contributed by atoms with E-state index in [2.05, 4.69) is 294 Å². The summed E-state index contributed by atoms with van der Waals surface area (Å²) in [6, 6.07) is 68.4. The number of benzene rings is 9. The molecule has 420 valence electrons. The molecule has 6 nitrogen and oxygen atoms in total. The Kier molecular flexibility index (Phi) is 12.5. The molecule has 0 spiro atoms. The molecule has 0 unspecified atom stereocenters. The molecule has 4 heterocycles. The Balaban J connectivity index is 1.30. The molecule has 13 rings (SSSR count). The van der Waals surface area contributed by atoms with Crippen LogP contribution in [0.4, 0.5) is 0 Å². The van der Waals surface area contributed by atoms with Crippen molar-refractivity contribution in [2.45, 2.75) is 138 Å². The molecule has 84 heavy (non-hydrogen) atoms. The molecule has 0 saturated heterocycles. The van der Waals surface area contributed by atoms with Crippen LogP contribution in [-0.2, 0) is 27.1 Å². The summed E-state index contributed by atoms with van der Waals surface area (Å²) in [5, 5.41) is 7.30. The van der Waals surface area contributed by atoms with Gasteiger partial charge in [-0.25, -0.2) is 15.0 Å². The summed E-state index contributed by atoms with van der Waals surface area (Å²) >= 11 is 0. The van der Waals surface area contributed by atoms with Crippen LogP contribution in [0.25, 0.3) is 117 Å². The second-order valence-electron chi connectivity index (χ2n) is 28.8. The van der Waals surface area contributed by atoms with Crippen LogP contribution in [0.15, 0.2) is 182 Å². The van der Waals surface area contributed by atoms with E-state index >= 15 is 0 Å². The third-order valence-electron chi connectivity index (χ3n) is 17.5. The van der Waals surface area contributed by atoms with Crippen LogP contribution in [0.1, 0.15) is 137 Å². The monoisotopic (exact) mass is 1100 g/mol. The summed E-state index contributed by atoms with van der Waals surface area (Å²) in [6.45, 7) is 37.0. The van der Waals surface area contributed by atoms with Crippen molar-refractivity contribution in [3.8, 4) is 51.2 Å². The predicted molar refractivity (Wildman–Crippen MR) is 357 cm³/mol. The van der Waals surface area contributed by atoms with E-state index in [-0.39, 0.29) is 27.1 Å². The van der Waals surface area contributed by atoms with E-state index in [9.17, 15) is 0 Å². The van der Waals surface area contributed by atoms with Crippen LogP contribution in [0.3, 0.4) is 0 Å². The highest BCUT2D eigenvalue weighted by molar-refractivity contribution is 6.14. The summed E-state index contributed by atoms with van der Waals surface area (Å²) in [5.41, 5.74) is 19.8. The molecule has 0 atom stereocenters. The molecule has 0 amide bonds. The van der Waals surface area contributed by atoms with Crippen molar-refractivity contribution in [2.75, 3.05) is 0 Å². The number of aryl methyl sites for hydroxylation is 1. The van der Waals surface area contributed by atoms with E-state index < -0.39 is 0 Å². The maximum Gasteiger partial charge on any atom is 0.164 e. The lowest BCUT2D eigenvalue weighted by molar-refractivity contribution is 0.590. The van der Waals surface area contributed by atoms with Crippen molar-refractivity contribution >= 4 is 65.4 Å². The van der Waals surface area contributed by atoms with Crippen molar-refractivity contribution in [3.05, 3.63) is 215 Å². The number of rotatable bonds is 6. The first kappa shape index (κ1) is 54.6. The van der Waals surface area contributed by atoms with Crippen LogP contribution in [0.5, 0.6) is 0 Å². The summed E-state index contributed by atoms with van der Waals surface area (Å²) in [4.78, 5) is 16.3. The van der Waals surface area contributed by atoms with Gasteiger partial charge in [0.25, 0.3) is 0 Å². The molecule has 13 aromatic rings. The Labute approximate surface area is 495 Å². The Bertz CT molecular complexity index is 4580. The molecule has 0 saturated carbocycles. The normalized spacial score (nSPS) is 13.0. The van der Waals surface area contributed by atoms with Crippen LogP contribution in [0, 0.1) is 6.92 Å². The van der Waals surface area contributed by atoms with Gasteiger partial charge in [-0.05, 0) is 147 Å². The molecule has 6 heteroatoms. The minimum Gasteiger partial charge on any atom is -0.307 e. The van der Waals surface area contributed by atoms with Gasteiger partial charge in [0.15, 0.2) is 17.5 Å². The van der Waals surface area contributed by atoms with Gasteiger partial charge in [-0.2, -0.15) is 0 Å². The first-order valence-corrected chi connectivity index (χ1v) is 30.0. The van der Waals surface area contributed by atoms with Gasteiger partial charge in [0.05, 0.1) is 50.2 Å². The summed E-state index contributed by atoms with van der Waals surface area (Å²) in [7, 11) is 0. The lowest BCUT2D eigenvalue weighted by Crippen LogP contribution is -2.13. The molecule has 4 aromatic heterocycles. The molecular formula is C78H78N6. The summed E-state index contributed by atoms with van der Waals surface area (Å²) < 4.78 is 7.70. The maximum atomic E-state index is 5.53. The first-order valence-electron chi connectivity index (χ1n) is 30.0. The Morgan fingerprint density at radius 1 is 0.262 bits per heavy atom. The van der Waals surface area contributed by atoms with Crippen molar-refractivity contribution in [1.82, 2.24) is 28.7 Å². The Morgan fingerprint density at radius 2 is 0.524 bits per heavy atom. The van der Waals surface area contributed by atoms with E-state index in [4.69, 9.17) is 15.0 Å². The third-order valence-corrected chi connectivity index (χ3v) is 17.5. The predicted octanol–water partition coefficient (Wildman–Crippen LogP) is 21.0. The fourth-order valence-corrected chi connectivity index (χ4v) is 12.5. The molecule has 0 aliphatic heterocycles. The number of aromatic nitrogens is 6. The van der Waals surface area contributed by atoms with E-state index in [0.29, 0.717) is 17.5 Å². The fraction of sp³-hybridized carbons (Fsp3) is 0.269. The zero-order chi connectivity index (χ0) is 59.2. The van der Waals surface area contributed by atoms with Crippen molar-refractivity contribution in [2.24, 2.45) is 0 Å². The van der Waals surface area contributed by atoms with Crippen molar-refractivity contribution in [1.29, 1.82) is 0 Å². The van der Waals surface area contributed by atoms with Gasteiger partial charge >= 0.3 is 0 Å². The maximum absolute atomic E-state index is 5.53. The highest BCUT2D eigenvalue weighted by Gasteiger charge is 2.31. The molecule has 0 aliphatic rings. The molecule has 9 aromatic carbocycles. The smallest absolute Gasteiger partial charge is 0.164 e. The molecule has 0 bridgehead atoms. The summed E-state index contributed by atoms with van der Waals surface area (Å²) in [6.07, 6.45) is 0. The van der Waals surface area contributed by atoms with Crippen molar-refractivity contribution in [3.63, 3.8) is 0 Å².